The average molecular weight is 461 g/mol. The summed E-state index contributed by atoms with van der Waals surface area (Å²) < 4.78 is 12.6. The van der Waals surface area contributed by atoms with Gasteiger partial charge >= 0.3 is 6.09 Å². The zero-order valence-corrected chi connectivity index (χ0v) is 18.4. The highest BCUT2D eigenvalue weighted by Gasteiger charge is 2.54. The summed E-state index contributed by atoms with van der Waals surface area (Å²) in [6.45, 7) is 1.56. The fourth-order valence-corrected chi connectivity index (χ4v) is 5.35. The summed E-state index contributed by atoms with van der Waals surface area (Å²) in [5, 5.41) is 16.2. The number of para-hydroxylation sites is 1. The number of fused-ring (bicyclic) bond motifs is 3. The number of ether oxygens (including phenoxy) is 2. The van der Waals surface area contributed by atoms with Gasteiger partial charge in [-0.05, 0) is 23.8 Å². The van der Waals surface area contributed by atoms with Gasteiger partial charge in [-0.25, -0.2) is 4.79 Å². The summed E-state index contributed by atoms with van der Waals surface area (Å²) >= 11 is 0. The zero-order valence-electron chi connectivity index (χ0n) is 18.4. The second kappa shape index (κ2) is 7.59. The molecule has 2 fully saturated rings. The normalized spacial score (nSPS) is 24.3. The van der Waals surface area contributed by atoms with Crippen LogP contribution in [-0.2, 0) is 4.74 Å². The van der Waals surface area contributed by atoms with E-state index in [9.17, 15) is 19.5 Å². The Bertz CT molecular complexity index is 1350. The van der Waals surface area contributed by atoms with Gasteiger partial charge in [0.25, 0.3) is 11.8 Å². The fourth-order valence-electron chi connectivity index (χ4n) is 5.35. The van der Waals surface area contributed by atoms with Crippen LogP contribution in [0.5, 0.6) is 5.75 Å². The Morgan fingerprint density at radius 2 is 1.79 bits per heavy atom. The van der Waals surface area contributed by atoms with Gasteiger partial charge in [0.2, 0.25) is 0 Å². The van der Waals surface area contributed by atoms with Crippen LogP contribution in [-0.4, -0.2) is 60.5 Å². The number of nitrogens with zero attached hydrogens (tertiary/aromatic N) is 1. The Morgan fingerprint density at radius 3 is 2.53 bits per heavy atom. The third kappa shape index (κ3) is 3.07. The molecule has 2 amide bonds. The first-order valence-electron chi connectivity index (χ1n) is 11.2. The first-order valence-corrected chi connectivity index (χ1v) is 11.2. The third-order valence-electron chi connectivity index (χ3n) is 7.20. The van der Waals surface area contributed by atoms with Crippen molar-refractivity contribution < 1.29 is 29.0 Å². The summed E-state index contributed by atoms with van der Waals surface area (Å²) in [4.78, 5) is 37.6. The molecule has 4 atom stereocenters. The minimum Gasteiger partial charge on any atom is -0.491 e. The molecule has 0 radical (unpaired) electrons. The van der Waals surface area contributed by atoms with Crippen LogP contribution in [0.25, 0.3) is 10.9 Å². The summed E-state index contributed by atoms with van der Waals surface area (Å²) in [5.74, 6) is 0.210. The van der Waals surface area contributed by atoms with E-state index in [1.165, 1.54) is 11.6 Å². The molecule has 9 nitrogen and oxygen atoms in total. The van der Waals surface area contributed by atoms with Gasteiger partial charge in [0.1, 0.15) is 5.75 Å². The van der Waals surface area contributed by atoms with E-state index in [4.69, 9.17) is 9.47 Å². The highest BCUT2D eigenvalue weighted by atomic mass is 16.5. The molecule has 3 N–H and O–H groups in total. The summed E-state index contributed by atoms with van der Waals surface area (Å²) in [7, 11) is 1.53. The van der Waals surface area contributed by atoms with Gasteiger partial charge in [-0.3, -0.25) is 14.2 Å². The molecule has 1 saturated heterocycles. The van der Waals surface area contributed by atoms with Gasteiger partial charge in [0, 0.05) is 53.6 Å². The molecule has 174 valence electrons. The van der Waals surface area contributed by atoms with Crippen LogP contribution in [0.1, 0.15) is 37.8 Å². The lowest BCUT2D eigenvalue weighted by Crippen LogP contribution is -2.30. The number of hydrogen-bond acceptors (Lipinski definition) is 5. The van der Waals surface area contributed by atoms with Crippen LogP contribution < -0.4 is 15.4 Å². The predicted molar refractivity (Wildman–Crippen MR) is 122 cm³/mol. The van der Waals surface area contributed by atoms with Crippen LogP contribution in [0.3, 0.4) is 0 Å². The Labute approximate surface area is 194 Å². The average Bonchev–Trinajstić information content (AvgIpc) is 3.28. The molecule has 1 aromatic heterocycles. The lowest BCUT2D eigenvalue weighted by atomic mass is 9.90. The van der Waals surface area contributed by atoms with Crippen LogP contribution in [0.4, 0.5) is 4.79 Å². The SMILES string of the molecule is CNC(=O)c1cc(C(=O)N[C@@H]2[C@@H]3COC[C@@H]32)cc2c1OCC2c1cn(C(=O)O)c2ccccc12. The van der Waals surface area contributed by atoms with Crippen LogP contribution in [0, 0.1) is 11.8 Å². The van der Waals surface area contributed by atoms with E-state index in [0.29, 0.717) is 47.4 Å². The molecule has 0 spiro atoms. The van der Waals surface area contributed by atoms with E-state index in [0.717, 1.165) is 10.9 Å². The van der Waals surface area contributed by atoms with Crippen molar-refractivity contribution in [3.63, 3.8) is 0 Å². The molecule has 1 unspecified atom stereocenters. The molecule has 3 aromatic rings. The summed E-state index contributed by atoms with van der Waals surface area (Å²) in [6.07, 6.45) is 0.508. The maximum absolute atomic E-state index is 13.1. The number of rotatable bonds is 4. The Kier molecular flexibility index (Phi) is 4.63. The number of hydrogen-bond donors (Lipinski definition) is 3. The topological polar surface area (TPSA) is 119 Å². The van der Waals surface area contributed by atoms with Crippen LogP contribution >= 0.6 is 0 Å². The smallest absolute Gasteiger partial charge is 0.416 e. The molecular weight excluding hydrogens is 438 g/mol. The van der Waals surface area contributed by atoms with Gasteiger partial charge in [0.15, 0.2) is 0 Å². The van der Waals surface area contributed by atoms with Gasteiger partial charge in [-0.1, -0.05) is 18.2 Å². The van der Waals surface area contributed by atoms with Crippen LogP contribution in [0.15, 0.2) is 42.6 Å². The highest BCUT2D eigenvalue weighted by molar-refractivity contribution is 6.03. The number of carbonyl (C=O) groups excluding carboxylic acids is 2. The molecule has 6 rings (SSSR count). The first kappa shape index (κ1) is 20.7. The molecule has 1 aliphatic carbocycles. The highest BCUT2D eigenvalue weighted by Crippen LogP contribution is 2.45. The number of benzene rings is 2. The second-order valence-corrected chi connectivity index (χ2v) is 9.00. The van der Waals surface area contributed by atoms with Crippen molar-refractivity contribution in [2.24, 2.45) is 11.8 Å². The Hall–Kier alpha value is -3.85. The van der Waals surface area contributed by atoms with Gasteiger partial charge in [-0.15, -0.1) is 0 Å². The van der Waals surface area contributed by atoms with Crippen molar-refractivity contribution in [3.8, 4) is 5.75 Å². The van der Waals surface area contributed by atoms with Crippen molar-refractivity contribution in [2.75, 3.05) is 26.9 Å². The van der Waals surface area contributed by atoms with E-state index >= 15 is 0 Å². The zero-order chi connectivity index (χ0) is 23.6. The van der Waals surface area contributed by atoms with E-state index in [1.807, 2.05) is 12.1 Å². The maximum Gasteiger partial charge on any atom is 0.416 e. The molecule has 2 aliphatic heterocycles. The fraction of sp³-hybridized carbons (Fsp3) is 0.320. The summed E-state index contributed by atoms with van der Waals surface area (Å²) in [5.41, 5.74) is 2.70. The molecule has 34 heavy (non-hydrogen) atoms. The van der Waals surface area contributed by atoms with Gasteiger partial charge in [0.05, 0.1) is 30.9 Å². The third-order valence-corrected chi connectivity index (χ3v) is 7.20. The molecule has 3 aliphatic rings. The predicted octanol–water partition coefficient (Wildman–Crippen LogP) is 2.43. The quantitative estimate of drug-likeness (QED) is 0.549. The number of nitrogens with one attached hydrogen (secondary N) is 2. The van der Waals surface area contributed by atoms with E-state index in [1.54, 1.807) is 30.5 Å². The first-order chi connectivity index (χ1) is 16.5. The molecule has 2 aromatic carbocycles. The number of carboxylic acid groups (broad SMARTS) is 1. The van der Waals surface area contributed by atoms with E-state index in [2.05, 4.69) is 10.6 Å². The molecule has 3 heterocycles. The molecular formula is C25H23N3O6. The number of amides is 2. The Balaban J connectivity index is 1.43. The standard InChI is InChI=1S/C25H23N3O6/c1-26-24(30)15-7-12(23(29)27-21-18-9-33-10-19(18)21)6-14-17(11-34-22(14)15)16-8-28(25(31)32)20-5-3-2-4-13(16)20/h2-8,17-19,21H,9-11H2,1H3,(H,26,30)(H,27,29)(H,31,32)/t17?,18-,19+,21-. The van der Waals surface area contributed by atoms with Crippen molar-refractivity contribution in [2.45, 2.75) is 12.0 Å². The molecule has 0 bridgehead atoms. The second-order valence-electron chi connectivity index (χ2n) is 9.00. The maximum atomic E-state index is 13.1. The van der Waals surface area contributed by atoms with Crippen molar-refractivity contribution in [1.82, 2.24) is 15.2 Å². The van der Waals surface area contributed by atoms with Gasteiger partial charge in [-0.2, -0.15) is 0 Å². The minimum atomic E-state index is -1.08. The van der Waals surface area contributed by atoms with Crippen molar-refractivity contribution in [1.29, 1.82) is 0 Å². The molecule has 9 heteroatoms. The van der Waals surface area contributed by atoms with Crippen molar-refractivity contribution in [3.05, 3.63) is 64.8 Å². The lowest BCUT2D eigenvalue weighted by Gasteiger charge is -2.13. The van der Waals surface area contributed by atoms with Gasteiger partial charge < -0.3 is 25.2 Å². The minimum absolute atomic E-state index is 0.0959. The van der Waals surface area contributed by atoms with E-state index < -0.39 is 6.09 Å². The lowest BCUT2D eigenvalue weighted by molar-refractivity contribution is 0.0928. The largest absolute Gasteiger partial charge is 0.491 e. The molecule has 1 saturated carbocycles. The summed E-state index contributed by atoms with van der Waals surface area (Å²) in [6, 6.07) is 10.7. The number of aromatic nitrogens is 1. The van der Waals surface area contributed by atoms with E-state index in [-0.39, 0.29) is 35.9 Å². The monoisotopic (exact) mass is 461 g/mol. The van der Waals surface area contributed by atoms with Crippen LogP contribution in [0.2, 0.25) is 0 Å². The van der Waals surface area contributed by atoms with Crippen molar-refractivity contribution >= 4 is 28.8 Å². The Morgan fingerprint density at radius 1 is 1.03 bits per heavy atom. The number of carbonyl (C=O) groups is 3.